The summed E-state index contributed by atoms with van der Waals surface area (Å²) in [6.07, 6.45) is 5.83. The molecule has 0 heterocycles. The van der Waals surface area contributed by atoms with Gasteiger partial charge in [-0.1, -0.05) is 13.8 Å². The zero-order valence-corrected chi connectivity index (χ0v) is 16.0. The van der Waals surface area contributed by atoms with Crippen LogP contribution in [-0.4, -0.2) is 19.0 Å². The lowest BCUT2D eigenvalue weighted by atomic mass is 9.40. The van der Waals surface area contributed by atoms with Crippen LogP contribution in [0.25, 0.3) is 0 Å². The third-order valence-electron chi connectivity index (χ3n) is 6.82. The van der Waals surface area contributed by atoms with E-state index in [-0.39, 0.29) is 22.4 Å². The number of anilines is 1. The summed E-state index contributed by atoms with van der Waals surface area (Å²) in [6.45, 7) is 4.51. The van der Waals surface area contributed by atoms with E-state index in [2.05, 4.69) is 23.9 Å². The zero-order chi connectivity index (χ0) is 19.6. The molecule has 4 nitrogen and oxygen atoms in total. The molecule has 27 heavy (non-hydrogen) atoms. The molecule has 1 aromatic carbocycles. The number of esters is 1. The fraction of sp³-hybridized carbons (Fsp3) is 0.619. The molecule has 2 unspecified atom stereocenters. The Balaban J connectivity index is 1.64. The Kier molecular flexibility index (Phi) is 3.92. The molecule has 1 N–H and O–H groups in total. The highest BCUT2D eigenvalue weighted by molar-refractivity contribution is 5.98. The number of halogens is 2. The number of amides is 1. The third-order valence-corrected chi connectivity index (χ3v) is 6.82. The fourth-order valence-corrected chi connectivity index (χ4v) is 6.87. The smallest absolute Gasteiger partial charge is 0.340 e. The van der Waals surface area contributed by atoms with E-state index in [1.165, 1.54) is 0 Å². The van der Waals surface area contributed by atoms with Gasteiger partial charge in [-0.15, -0.1) is 0 Å². The molecular formula is C21H25F2NO3. The van der Waals surface area contributed by atoms with Crippen LogP contribution in [0.2, 0.25) is 0 Å². The summed E-state index contributed by atoms with van der Waals surface area (Å²) in [5.74, 6) is -2.50. The van der Waals surface area contributed by atoms with Gasteiger partial charge in [0.05, 0.1) is 23.8 Å². The Morgan fingerprint density at radius 3 is 2.22 bits per heavy atom. The fourth-order valence-electron chi connectivity index (χ4n) is 6.87. The predicted molar refractivity (Wildman–Crippen MR) is 96.2 cm³/mol. The van der Waals surface area contributed by atoms with Gasteiger partial charge in [0, 0.05) is 6.07 Å². The van der Waals surface area contributed by atoms with Crippen LogP contribution in [-0.2, 0) is 9.53 Å². The first kappa shape index (κ1) is 18.4. The van der Waals surface area contributed by atoms with E-state index in [0.29, 0.717) is 12.0 Å². The van der Waals surface area contributed by atoms with E-state index < -0.39 is 28.6 Å². The molecule has 4 fully saturated rings. The number of methoxy groups -OCH3 is 1. The minimum atomic E-state index is -1.01. The number of nitrogens with one attached hydrogen (secondary N) is 1. The summed E-state index contributed by atoms with van der Waals surface area (Å²) >= 11 is 0. The number of ether oxygens (including phenoxy) is 1. The lowest BCUT2D eigenvalue weighted by Crippen LogP contribution is -2.58. The van der Waals surface area contributed by atoms with Gasteiger partial charge in [0.25, 0.3) is 0 Å². The van der Waals surface area contributed by atoms with Crippen molar-refractivity contribution in [3.8, 4) is 0 Å². The van der Waals surface area contributed by atoms with Gasteiger partial charge in [0.2, 0.25) is 5.91 Å². The predicted octanol–water partition coefficient (Wildman–Crippen LogP) is 4.69. The summed E-state index contributed by atoms with van der Waals surface area (Å²) in [5.41, 5.74) is -0.796. The van der Waals surface area contributed by atoms with Crippen LogP contribution in [0, 0.1) is 33.8 Å². The number of carbonyl (C=O) groups excluding carboxylic acids is 2. The van der Waals surface area contributed by atoms with Gasteiger partial charge < -0.3 is 10.1 Å². The SMILES string of the molecule is COC(=O)c1cc(NC(=O)C23CC4CC(C)(CC(C)(C4)C2)C3)c(F)cc1F. The van der Waals surface area contributed by atoms with Crippen LogP contribution in [0.3, 0.4) is 0 Å². The van der Waals surface area contributed by atoms with Gasteiger partial charge in [-0.3, -0.25) is 4.79 Å². The molecule has 1 aromatic rings. The van der Waals surface area contributed by atoms with Crippen LogP contribution >= 0.6 is 0 Å². The van der Waals surface area contributed by atoms with Gasteiger partial charge in [0.15, 0.2) is 0 Å². The minimum absolute atomic E-state index is 0.143. The summed E-state index contributed by atoms with van der Waals surface area (Å²) in [4.78, 5) is 24.9. The monoisotopic (exact) mass is 377 g/mol. The zero-order valence-electron chi connectivity index (χ0n) is 16.0. The van der Waals surface area contributed by atoms with E-state index in [1.54, 1.807) is 0 Å². The van der Waals surface area contributed by atoms with E-state index in [0.717, 1.165) is 51.7 Å². The van der Waals surface area contributed by atoms with Gasteiger partial charge in [-0.05, 0) is 61.3 Å². The Bertz CT molecular complexity index is 819. The summed E-state index contributed by atoms with van der Waals surface area (Å²) < 4.78 is 32.7. The van der Waals surface area contributed by atoms with Gasteiger partial charge in [-0.2, -0.15) is 0 Å². The average molecular weight is 377 g/mol. The quantitative estimate of drug-likeness (QED) is 0.778. The van der Waals surface area contributed by atoms with E-state index in [9.17, 15) is 18.4 Å². The van der Waals surface area contributed by atoms with Crippen molar-refractivity contribution in [3.63, 3.8) is 0 Å². The van der Waals surface area contributed by atoms with Crippen LogP contribution < -0.4 is 5.32 Å². The van der Waals surface area contributed by atoms with Gasteiger partial charge >= 0.3 is 5.97 Å². The second kappa shape index (κ2) is 5.76. The molecule has 0 saturated heterocycles. The summed E-state index contributed by atoms with van der Waals surface area (Å²) in [5, 5.41) is 2.66. The first-order valence-electron chi connectivity index (χ1n) is 9.46. The van der Waals surface area contributed by atoms with Crippen molar-refractivity contribution in [2.24, 2.45) is 22.2 Å². The third kappa shape index (κ3) is 2.93. The highest BCUT2D eigenvalue weighted by Gasteiger charge is 2.62. The largest absolute Gasteiger partial charge is 0.465 e. The highest BCUT2D eigenvalue weighted by atomic mass is 19.1. The molecule has 4 bridgehead atoms. The number of benzene rings is 1. The summed E-state index contributed by atoms with van der Waals surface area (Å²) in [6, 6.07) is 1.64. The summed E-state index contributed by atoms with van der Waals surface area (Å²) in [7, 11) is 1.13. The second-order valence-corrected chi connectivity index (χ2v) is 9.67. The average Bonchev–Trinajstić information content (AvgIpc) is 2.53. The van der Waals surface area contributed by atoms with Crippen molar-refractivity contribution in [2.75, 3.05) is 12.4 Å². The minimum Gasteiger partial charge on any atom is -0.465 e. The molecule has 1 amide bonds. The number of carbonyl (C=O) groups is 2. The van der Waals surface area contributed by atoms with Crippen molar-refractivity contribution in [1.82, 2.24) is 0 Å². The molecular weight excluding hydrogens is 352 g/mol. The molecule has 2 atom stereocenters. The highest BCUT2D eigenvalue weighted by Crippen LogP contribution is 2.69. The van der Waals surface area contributed by atoms with E-state index in [4.69, 9.17) is 0 Å². The molecule has 6 heteroatoms. The Labute approximate surface area is 157 Å². The first-order chi connectivity index (χ1) is 12.6. The lowest BCUT2D eigenvalue weighted by molar-refractivity contribution is -0.165. The van der Waals surface area contributed by atoms with Crippen LogP contribution in [0.1, 0.15) is 62.7 Å². The molecule has 5 rings (SSSR count). The lowest BCUT2D eigenvalue weighted by Gasteiger charge is -2.64. The maximum Gasteiger partial charge on any atom is 0.340 e. The Morgan fingerprint density at radius 2 is 1.67 bits per heavy atom. The Morgan fingerprint density at radius 1 is 1.04 bits per heavy atom. The van der Waals surface area contributed by atoms with E-state index in [1.807, 2.05) is 0 Å². The van der Waals surface area contributed by atoms with Crippen LogP contribution in [0.5, 0.6) is 0 Å². The molecule has 4 aliphatic carbocycles. The van der Waals surface area contributed by atoms with Crippen LogP contribution in [0.4, 0.5) is 14.5 Å². The molecule has 146 valence electrons. The number of hydrogen-bond donors (Lipinski definition) is 1. The maximum atomic E-state index is 14.3. The molecule has 0 aliphatic heterocycles. The van der Waals surface area contributed by atoms with Crippen LogP contribution in [0.15, 0.2) is 12.1 Å². The Hall–Kier alpha value is -1.98. The molecule has 4 aliphatic rings. The van der Waals surface area contributed by atoms with Gasteiger partial charge in [-0.25, -0.2) is 13.6 Å². The maximum absolute atomic E-state index is 14.3. The first-order valence-corrected chi connectivity index (χ1v) is 9.46. The topological polar surface area (TPSA) is 55.4 Å². The second-order valence-electron chi connectivity index (χ2n) is 9.67. The van der Waals surface area contributed by atoms with Crippen molar-refractivity contribution < 1.29 is 23.1 Å². The molecule has 4 saturated carbocycles. The molecule has 0 radical (unpaired) electrons. The van der Waals surface area contributed by atoms with Crippen molar-refractivity contribution in [2.45, 2.75) is 52.4 Å². The van der Waals surface area contributed by atoms with Crippen molar-refractivity contribution >= 4 is 17.6 Å². The number of rotatable bonds is 3. The number of hydrogen-bond acceptors (Lipinski definition) is 3. The standard InChI is InChI=1S/C21H25F2NO3/c1-19-6-12-7-20(2,9-19)11-21(8-12,10-19)18(26)24-16-4-13(17(25)27-3)14(22)5-15(16)23/h4-5,12H,6-11H2,1-3H3,(H,24,26). The molecule has 0 aromatic heterocycles. The van der Waals surface area contributed by atoms with Gasteiger partial charge in [0.1, 0.15) is 11.6 Å². The molecule has 0 spiro atoms. The van der Waals surface area contributed by atoms with E-state index >= 15 is 0 Å². The van der Waals surface area contributed by atoms with Crippen molar-refractivity contribution in [3.05, 3.63) is 29.3 Å². The van der Waals surface area contributed by atoms with Crippen molar-refractivity contribution in [1.29, 1.82) is 0 Å². The normalized spacial score (nSPS) is 36.6.